The van der Waals surface area contributed by atoms with E-state index in [-0.39, 0.29) is 10.9 Å². The van der Waals surface area contributed by atoms with E-state index in [0.29, 0.717) is 15.9 Å². The van der Waals surface area contributed by atoms with Gasteiger partial charge >= 0.3 is 0 Å². The fourth-order valence-corrected chi connectivity index (χ4v) is 4.43. The first-order valence-electron chi connectivity index (χ1n) is 8.59. The van der Waals surface area contributed by atoms with Crippen LogP contribution in [0.1, 0.15) is 35.7 Å². The Morgan fingerprint density at radius 1 is 1.19 bits per heavy atom. The second kappa shape index (κ2) is 7.38. The third-order valence-corrected chi connectivity index (χ3v) is 5.85. The minimum atomic E-state index is -0.450. The van der Waals surface area contributed by atoms with E-state index in [1.807, 2.05) is 22.8 Å². The van der Waals surface area contributed by atoms with Gasteiger partial charge in [-0.2, -0.15) is 0 Å². The van der Waals surface area contributed by atoms with Crippen LogP contribution in [0.15, 0.2) is 41.6 Å². The number of methoxy groups -OCH3 is 1. The van der Waals surface area contributed by atoms with Gasteiger partial charge in [0.15, 0.2) is 5.16 Å². The van der Waals surface area contributed by atoms with E-state index < -0.39 is 5.82 Å². The molecule has 2 aromatic carbocycles. The molecule has 0 aliphatic heterocycles. The van der Waals surface area contributed by atoms with Gasteiger partial charge in [0, 0.05) is 11.6 Å². The number of hydrogen-bond donors (Lipinski definition) is 1. The van der Waals surface area contributed by atoms with Gasteiger partial charge in [0.2, 0.25) is 0 Å². The molecule has 1 unspecified atom stereocenters. The van der Waals surface area contributed by atoms with Crippen molar-refractivity contribution in [2.24, 2.45) is 0 Å². The van der Waals surface area contributed by atoms with Crippen LogP contribution >= 0.6 is 35.8 Å². The van der Waals surface area contributed by atoms with E-state index in [1.165, 1.54) is 6.07 Å². The first-order chi connectivity index (χ1) is 13.0. The SMILES string of the molecule is COc1cc(C2CCCc3nc(S)n(-c4ccc(F)c(Cl)c4)c32)ccc1Cl. The van der Waals surface area contributed by atoms with Crippen molar-refractivity contribution in [1.82, 2.24) is 9.55 Å². The van der Waals surface area contributed by atoms with Crippen molar-refractivity contribution >= 4 is 35.8 Å². The highest BCUT2D eigenvalue weighted by molar-refractivity contribution is 7.80. The highest BCUT2D eigenvalue weighted by atomic mass is 35.5. The number of imidazole rings is 1. The molecule has 0 saturated heterocycles. The molecular formula is C20H17Cl2FN2OS. The van der Waals surface area contributed by atoms with Gasteiger partial charge in [-0.1, -0.05) is 29.3 Å². The molecule has 140 valence electrons. The van der Waals surface area contributed by atoms with Crippen LogP contribution in [0.2, 0.25) is 10.0 Å². The Morgan fingerprint density at radius 2 is 2.00 bits per heavy atom. The minimum Gasteiger partial charge on any atom is -0.495 e. The van der Waals surface area contributed by atoms with Crippen molar-refractivity contribution in [2.45, 2.75) is 30.3 Å². The Balaban J connectivity index is 1.88. The maximum atomic E-state index is 13.6. The summed E-state index contributed by atoms with van der Waals surface area (Å²) in [5.74, 6) is 0.300. The first kappa shape index (κ1) is 18.7. The summed E-state index contributed by atoms with van der Waals surface area (Å²) in [7, 11) is 1.61. The molecule has 1 aliphatic rings. The van der Waals surface area contributed by atoms with Crippen LogP contribution in [0.4, 0.5) is 4.39 Å². The zero-order valence-electron chi connectivity index (χ0n) is 14.5. The lowest BCUT2D eigenvalue weighted by atomic mass is 9.84. The summed E-state index contributed by atoms with van der Waals surface area (Å²) in [6.45, 7) is 0. The molecule has 3 nitrogen and oxygen atoms in total. The molecule has 4 rings (SSSR count). The summed E-state index contributed by atoms with van der Waals surface area (Å²) in [5.41, 5.74) is 3.90. The molecule has 3 aromatic rings. The molecule has 0 bridgehead atoms. The van der Waals surface area contributed by atoms with Gasteiger partial charge in [0.05, 0.1) is 28.5 Å². The number of aromatic nitrogens is 2. The van der Waals surface area contributed by atoms with E-state index in [9.17, 15) is 4.39 Å². The molecule has 1 heterocycles. The number of nitrogens with zero attached hydrogens (tertiary/aromatic N) is 2. The van der Waals surface area contributed by atoms with Gasteiger partial charge in [-0.15, -0.1) is 12.6 Å². The molecule has 1 atom stereocenters. The smallest absolute Gasteiger partial charge is 0.169 e. The summed E-state index contributed by atoms with van der Waals surface area (Å²) in [6.07, 6.45) is 2.87. The number of aryl methyl sites for hydroxylation is 1. The van der Waals surface area contributed by atoms with Crippen LogP contribution in [0.25, 0.3) is 5.69 Å². The summed E-state index contributed by atoms with van der Waals surface area (Å²) in [5, 5.41) is 1.21. The molecule has 1 aliphatic carbocycles. The zero-order chi connectivity index (χ0) is 19.1. The van der Waals surface area contributed by atoms with Crippen LogP contribution in [-0.2, 0) is 6.42 Å². The Labute approximate surface area is 172 Å². The molecule has 0 saturated carbocycles. The van der Waals surface area contributed by atoms with Crippen molar-refractivity contribution in [3.8, 4) is 11.4 Å². The third kappa shape index (κ3) is 3.33. The minimum absolute atomic E-state index is 0.0724. The largest absolute Gasteiger partial charge is 0.495 e. The highest BCUT2D eigenvalue weighted by Gasteiger charge is 2.29. The normalized spacial score (nSPS) is 16.3. The number of rotatable bonds is 3. The van der Waals surface area contributed by atoms with Gasteiger partial charge in [0.25, 0.3) is 0 Å². The Morgan fingerprint density at radius 3 is 2.74 bits per heavy atom. The molecule has 7 heteroatoms. The Bertz CT molecular complexity index is 1020. The van der Waals surface area contributed by atoms with Crippen LogP contribution in [0, 0.1) is 5.82 Å². The quantitative estimate of drug-likeness (QED) is 0.517. The van der Waals surface area contributed by atoms with E-state index in [2.05, 4.69) is 17.6 Å². The summed E-state index contributed by atoms with van der Waals surface area (Å²) < 4.78 is 21.0. The topological polar surface area (TPSA) is 27.1 Å². The van der Waals surface area contributed by atoms with E-state index in [1.54, 1.807) is 19.2 Å². The number of fused-ring (bicyclic) bond motifs is 1. The van der Waals surface area contributed by atoms with E-state index >= 15 is 0 Å². The summed E-state index contributed by atoms with van der Waals surface area (Å²) in [6, 6.07) is 10.5. The molecule has 1 aromatic heterocycles. The molecule has 0 spiro atoms. The van der Waals surface area contributed by atoms with Crippen molar-refractivity contribution < 1.29 is 9.13 Å². The first-order valence-corrected chi connectivity index (χ1v) is 9.79. The molecule has 0 N–H and O–H groups in total. The van der Waals surface area contributed by atoms with Crippen LogP contribution in [-0.4, -0.2) is 16.7 Å². The van der Waals surface area contributed by atoms with E-state index in [0.717, 1.165) is 41.9 Å². The third-order valence-electron chi connectivity index (χ3n) is 4.95. The summed E-state index contributed by atoms with van der Waals surface area (Å²) in [4.78, 5) is 4.65. The van der Waals surface area contributed by atoms with Crippen molar-refractivity contribution in [3.63, 3.8) is 0 Å². The second-order valence-electron chi connectivity index (χ2n) is 6.52. The number of thiol groups is 1. The average molecular weight is 423 g/mol. The fraction of sp³-hybridized carbons (Fsp3) is 0.250. The number of ether oxygens (including phenoxy) is 1. The average Bonchev–Trinajstić information content (AvgIpc) is 3.00. The maximum Gasteiger partial charge on any atom is 0.169 e. The van der Waals surface area contributed by atoms with Crippen molar-refractivity contribution in [1.29, 1.82) is 0 Å². The predicted molar refractivity (Wildman–Crippen MR) is 109 cm³/mol. The lowest BCUT2D eigenvalue weighted by Crippen LogP contribution is -2.15. The Kier molecular flexibility index (Phi) is 5.10. The predicted octanol–water partition coefficient (Wildman–Crippen LogP) is 6.08. The maximum absolute atomic E-state index is 13.6. The van der Waals surface area contributed by atoms with Gasteiger partial charge < -0.3 is 4.74 Å². The monoisotopic (exact) mass is 422 g/mol. The zero-order valence-corrected chi connectivity index (χ0v) is 17.0. The summed E-state index contributed by atoms with van der Waals surface area (Å²) >= 11 is 16.8. The molecule has 0 fully saturated rings. The van der Waals surface area contributed by atoms with Gasteiger partial charge in [-0.05, 0) is 55.2 Å². The van der Waals surface area contributed by atoms with Gasteiger partial charge in [-0.25, -0.2) is 9.37 Å². The molecule has 27 heavy (non-hydrogen) atoms. The number of hydrogen-bond acceptors (Lipinski definition) is 3. The van der Waals surface area contributed by atoms with Crippen LogP contribution in [0.5, 0.6) is 5.75 Å². The second-order valence-corrected chi connectivity index (χ2v) is 7.73. The van der Waals surface area contributed by atoms with Crippen molar-refractivity contribution in [2.75, 3.05) is 7.11 Å². The van der Waals surface area contributed by atoms with E-state index in [4.69, 9.17) is 27.9 Å². The highest BCUT2D eigenvalue weighted by Crippen LogP contribution is 2.41. The molecule has 0 amide bonds. The number of benzene rings is 2. The number of halogens is 3. The van der Waals surface area contributed by atoms with Crippen LogP contribution in [0.3, 0.4) is 0 Å². The lowest BCUT2D eigenvalue weighted by molar-refractivity contribution is 0.414. The molecule has 0 radical (unpaired) electrons. The Hall–Kier alpha value is -1.69. The van der Waals surface area contributed by atoms with Gasteiger partial charge in [-0.3, -0.25) is 4.57 Å². The van der Waals surface area contributed by atoms with Gasteiger partial charge in [0.1, 0.15) is 11.6 Å². The standard InChI is InChI=1S/C20H17Cl2FN2OS/c1-26-18-9-11(5-7-14(18)21)13-3-2-4-17-19(13)25(20(27)24-17)12-6-8-16(23)15(22)10-12/h5-10,13H,2-4H2,1H3,(H,24,27). The lowest BCUT2D eigenvalue weighted by Gasteiger charge is -2.25. The van der Waals surface area contributed by atoms with Crippen molar-refractivity contribution in [3.05, 3.63) is 69.2 Å². The van der Waals surface area contributed by atoms with Crippen LogP contribution < -0.4 is 4.74 Å². The fourth-order valence-electron chi connectivity index (χ4n) is 3.71. The molecular weight excluding hydrogens is 406 g/mol.